The van der Waals surface area contributed by atoms with E-state index in [0.29, 0.717) is 35.3 Å². The van der Waals surface area contributed by atoms with Gasteiger partial charge < -0.3 is 24.1 Å². The number of aliphatic imine (C=N–C) groups is 1. The summed E-state index contributed by atoms with van der Waals surface area (Å²) in [5, 5.41) is 2.85. The van der Waals surface area contributed by atoms with Crippen LogP contribution in [-0.2, 0) is 20.7 Å². The van der Waals surface area contributed by atoms with Gasteiger partial charge in [0.2, 0.25) is 5.91 Å². The molecule has 0 heterocycles. The summed E-state index contributed by atoms with van der Waals surface area (Å²) in [6.07, 6.45) is 15.3. The Kier molecular flexibility index (Phi) is 15.6. The summed E-state index contributed by atoms with van der Waals surface area (Å²) in [6, 6.07) is 20.7. The van der Waals surface area contributed by atoms with Gasteiger partial charge in [0.05, 0.1) is 13.7 Å². The fourth-order valence-electron chi connectivity index (χ4n) is 3.98. The lowest BCUT2D eigenvalue weighted by molar-refractivity contribution is -0.111. The van der Waals surface area contributed by atoms with Crippen LogP contribution < -0.4 is 14.8 Å². The van der Waals surface area contributed by atoms with Crippen LogP contribution in [0.3, 0.4) is 0 Å². The normalized spacial score (nSPS) is 12.5. The molecule has 0 aliphatic rings. The van der Waals surface area contributed by atoms with Crippen molar-refractivity contribution in [1.29, 1.82) is 0 Å². The van der Waals surface area contributed by atoms with E-state index in [4.69, 9.17) is 14.2 Å². The Hall–Kier alpha value is -4.11. The highest BCUT2D eigenvalue weighted by Crippen LogP contribution is 2.29. The van der Waals surface area contributed by atoms with E-state index in [1.54, 1.807) is 55.9 Å². The van der Waals surface area contributed by atoms with Gasteiger partial charge in [-0.3, -0.25) is 9.79 Å². The van der Waals surface area contributed by atoms with Crippen molar-refractivity contribution in [2.24, 2.45) is 4.99 Å². The van der Waals surface area contributed by atoms with Crippen LogP contribution in [0.4, 0.5) is 5.69 Å². The molecule has 0 saturated carbocycles. The number of nitrogens with one attached hydrogen (secondary N) is 1. The summed E-state index contributed by atoms with van der Waals surface area (Å²) in [5.41, 5.74) is 3.38. The maximum absolute atomic E-state index is 12.7. The Bertz CT molecular complexity index is 1400. The van der Waals surface area contributed by atoms with Crippen LogP contribution in [0, 0.1) is 0 Å². The highest BCUT2D eigenvalue weighted by Gasteiger charge is 2.10. The Morgan fingerprint density at radius 3 is 2.45 bits per heavy atom. The van der Waals surface area contributed by atoms with Gasteiger partial charge in [0, 0.05) is 36.3 Å². The summed E-state index contributed by atoms with van der Waals surface area (Å²) in [4.78, 5) is 17.5. The topological polar surface area (TPSA) is 92.2 Å². The second-order valence-electron chi connectivity index (χ2n) is 9.67. The molecule has 232 valence electrons. The van der Waals surface area contributed by atoms with Gasteiger partial charge in [-0.05, 0) is 102 Å². The molecule has 1 amide bonds. The van der Waals surface area contributed by atoms with Crippen LogP contribution in [0.5, 0.6) is 11.5 Å². The summed E-state index contributed by atoms with van der Waals surface area (Å²) >= 11 is -1.20. The zero-order chi connectivity index (χ0) is 31.4. The predicted molar refractivity (Wildman–Crippen MR) is 182 cm³/mol. The van der Waals surface area contributed by atoms with Gasteiger partial charge in [0.25, 0.3) is 0 Å². The second kappa shape index (κ2) is 20.0. The van der Waals surface area contributed by atoms with E-state index < -0.39 is 11.2 Å². The van der Waals surface area contributed by atoms with Crippen LogP contribution in [-0.4, -0.2) is 49.4 Å². The second-order valence-corrected chi connectivity index (χ2v) is 11.2. The number of hydrogen-bond acceptors (Lipinski definition) is 6. The minimum Gasteiger partial charge on any atom is -0.611 e. The van der Waals surface area contributed by atoms with E-state index >= 15 is 0 Å². The molecule has 0 radical (unpaired) electrons. The van der Waals surface area contributed by atoms with E-state index in [2.05, 4.69) is 24.2 Å². The van der Waals surface area contributed by atoms with E-state index in [9.17, 15) is 9.35 Å². The third-order valence-electron chi connectivity index (χ3n) is 6.34. The van der Waals surface area contributed by atoms with Crippen molar-refractivity contribution in [1.82, 2.24) is 0 Å². The number of unbranched alkanes of at least 4 members (excludes halogenated alkanes) is 1. The molecule has 8 heteroatoms. The number of amides is 1. The average Bonchev–Trinajstić information content (AvgIpc) is 3.05. The number of nitrogens with zero attached hydrogens (tertiary/aromatic N) is 1. The average molecular weight is 615 g/mol. The van der Waals surface area contributed by atoms with Gasteiger partial charge in [-0.1, -0.05) is 44.5 Å². The number of ether oxygens (including phenoxy) is 3. The van der Waals surface area contributed by atoms with Crippen molar-refractivity contribution in [2.75, 3.05) is 38.0 Å². The van der Waals surface area contributed by atoms with E-state index in [0.717, 1.165) is 48.3 Å². The van der Waals surface area contributed by atoms with Gasteiger partial charge in [-0.2, -0.15) is 0 Å². The number of methoxy groups -OCH3 is 1. The molecule has 0 aliphatic heterocycles. The fourth-order valence-corrected chi connectivity index (χ4v) is 4.87. The van der Waals surface area contributed by atoms with Crippen molar-refractivity contribution in [3.63, 3.8) is 0 Å². The molecular formula is C36H42N2O5S. The summed E-state index contributed by atoms with van der Waals surface area (Å²) < 4.78 is 29.4. The largest absolute Gasteiger partial charge is 0.611 e. The van der Waals surface area contributed by atoms with Crippen LogP contribution in [0.2, 0.25) is 0 Å². The SMILES string of the molecule is CC/C=C/C=N\C=C\C[S@+]([O-])c1ccc(NC(=O)/C=C/c2cc(-c3ccc(OCCOCCCC)cc3)ccc2OC)cc1. The maximum Gasteiger partial charge on any atom is 0.248 e. The third-order valence-corrected chi connectivity index (χ3v) is 7.63. The molecule has 0 unspecified atom stereocenters. The quantitative estimate of drug-likeness (QED) is 0.0681. The molecule has 1 N–H and O–H groups in total. The van der Waals surface area contributed by atoms with Crippen LogP contribution in [0.1, 0.15) is 38.7 Å². The third kappa shape index (κ3) is 12.2. The first-order valence-corrected chi connectivity index (χ1v) is 16.2. The van der Waals surface area contributed by atoms with E-state index in [1.165, 1.54) is 6.08 Å². The van der Waals surface area contributed by atoms with Gasteiger partial charge in [0.15, 0.2) is 4.90 Å². The number of carbonyl (C=O) groups is 1. The molecule has 3 aromatic rings. The Morgan fingerprint density at radius 2 is 1.73 bits per heavy atom. The molecule has 0 bridgehead atoms. The van der Waals surface area contributed by atoms with Crippen LogP contribution >= 0.6 is 0 Å². The standard InChI is InChI=1S/C36H42N2O5S/c1-4-6-8-22-37-23-9-27-44(40)34-18-14-32(15-19-34)38-36(39)21-13-31-28-30(12-20-35(31)41-3)29-10-16-33(17-11-29)43-26-25-42-24-7-5-2/h6,8-23,28H,4-5,7,24-27H2,1-3H3,(H,38,39)/b8-6+,21-13+,23-9+,37-22-/t44-/m0/s1. The van der Waals surface area contributed by atoms with E-state index in [1.807, 2.05) is 54.6 Å². The van der Waals surface area contributed by atoms with Gasteiger partial charge in [-0.25, -0.2) is 0 Å². The zero-order valence-corrected chi connectivity index (χ0v) is 26.6. The summed E-state index contributed by atoms with van der Waals surface area (Å²) in [6.45, 7) is 6.04. The molecule has 3 rings (SSSR count). The van der Waals surface area contributed by atoms with Crippen molar-refractivity contribution in [3.8, 4) is 22.6 Å². The molecule has 0 aromatic heterocycles. The summed E-state index contributed by atoms with van der Waals surface area (Å²) in [5.74, 6) is 1.51. The summed E-state index contributed by atoms with van der Waals surface area (Å²) in [7, 11) is 1.60. The lowest BCUT2D eigenvalue weighted by Gasteiger charge is -2.10. The highest BCUT2D eigenvalue weighted by molar-refractivity contribution is 7.91. The molecule has 0 spiro atoms. The lowest BCUT2D eigenvalue weighted by Crippen LogP contribution is -2.09. The number of carbonyl (C=O) groups excluding carboxylic acids is 1. The van der Waals surface area contributed by atoms with Gasteiger partial charge in [-0.15, -0.1) is 0 Å². The molecule has 44 heavy (non-hydrogen) atoms. The maximum atomic E-state index is 12.7. The van der Waals surface area contributed by atoms with Crippen LogP contribution in [0.15, 0.2) is 107 Å². The number of benzene rings is 3. The van der Waals surface area contributed by atoms with Crippen molar-refractivity contribution in [2.45, 2.75) is 38.0 Å². The smallest absolute Gasteiger partial charge is 0.248 e. The first-order valence-electron chi connectivity index (χ1n) is 14.8. The molecule has 1 atom stereocenters. The number of anilines is 1. The molecule has 0 saturated heterocycles. The zero-order valence-electron chi connectivity index (χ0n) is 25.7. The Labute approximate surface area is 264 Å². The lowest BCUT2D eigenvalue weighted by atomic mass is 10.0. The van der Waals surface area contributed by atoms with Crippen molar-refractivity contribution < 1.29 is 23.6 Å². The minimum atomic E-state index is -1.20. The fraction of sp³-hybridized carbons (Fsp3) is 0.278. The van der Waals surface area contributed by atoms with Gasteiger partial charge >= 0.3 is 0 Å². The molecule has 3 aromatic carbocycles. The molecular weight excluding hydrogens is 572 g/mol. The predicted octanol–water partition coefficient (Wildman–Crippen LogP) is 7.87. The van der Waals surface area contributed by atoms with Gasteiger partial charge in [0.1, 0.15) is 23.9 Å². The molecule has 7 nitrogen and oxygen atoms in total. The monoisotopic (exact) mass is 614 g/mol. The minimum absolute atomic E-state index is 0.288. The number of hydrogen-bond donors (Lipinski definition) is 1. The Balaban J connectivity index is 1.55. The highest BCUT2D eigenvalue weighted by atomic mass is 32.2. The molecule has 0 fully saturated rings. The number of rotatable bonds is 18. The first-order chi connectivity index (χ1) is 21.5. The Morgan fingerprint density at radius 1 is 0.955 bits per heavy atom. The molecule has 0 aliphatic carbocycles. The van der Waals surface area contributed by atoms with Crippen LogP contribution in [0.25, 0.3) is 17.2 Å². The van der Waals surface area contributed by atoms with Crippen molar-refractivity contribution >= 4 is 35.1 Å². The van der Waals surface area contributed by atoms with Crippen molar-refractivity contribution in [3.05, 3.63) is 103 Å². The number of allylic oxidation sites excluding steroid dienone is 2. The van der Waals surface area contributed by atoms with E-state index in [-0.39, 0.29) is 5.91 Å². The first kappa shape index (κ1) is 34.4.